The third-order valence-corrected chi connectivity index (χ3v) is 3.33. The molecule has 0 bridgehead atoms. The van der Waals surface area contributed by atoms with Crippen molar-refractivity contribution < 1.29 is 10.0 Å². The van der Waals surface area contributed by atoms with Gasteiger partial charge in [-0.2, -0.15) is 0 Å². The van der Waals surface area contributed by atoms with Crippen LogP contribution in [0.3, 0.4) is 0 Å². The monoisotopic (exact) mass is 271 g/mol. The lowest BCUT2D eigenvalue weighted by Gasteiger charge is -2.35. The van der Waals surface area contributed by atoms with Crippen LogP contribution in [0.5, 0.6) is 0 Å². The Morgan fingerprint density at radius 2 is 2.39 bits per heavy atom. The fraction of sp³-hybridized carbons (Fsp3) is 0.545. The Bertz CT molecular complexity index is 455. The van der Waals surface area contributed by atoms with Gasteiger partial charge < -0.3 is 10.0 Å². The molecule has 2 rings (SSSR count). The molecule has 0 saturated carbocycles. The van der Waals surface area contributed by atoms with Crippen LogP contribution < -0.4 is 4.90 Å². The van der Waals surface area contributed by atoms with Crippen molar-refractivity contribution in [3.63, 3.8) is 0 Å². The maximum Gasteiger partial charge on any atom is 0.313 e. The maximum absolute atomic E-state index is 11.0. The van der Waals surface area contributed by atoms with Crippen molar-refractivity contribution in [1.29, 1.82) is 0 Å². The molecule has 6 nitrogen and oxygen atoms in total. The van der Waals surface area contributed by atoms with Crippen LogP contribution in [0.1, 0.15) is 19.3 Å². The van der Waals surface area contributed by atoms with E-state index in [-0.39, 0.29) is 23.4 Å². The van der Waals surface area contributed by atoms with E-state index in [2.05, 4.69) is 4.98 Å². The van der Waals surface area contributed by atoms with Crippen LogP contribution in [0, 0.1) is 10.1 Å². The van der Waals surface area contributed by atoms with Crippen molar-refractivity contribution in [3.8, 4) is 0 Å². The van der Waals surface area contributed by atoms with Gasteiger partial charge in [0.2, 0.25) is 5.82 Å². The molecule has 0 amide bonds. The Morgan fingerprint density at radius 3 is 3.06 bits per heavy atom. The maximum atomic E-state index is 11.0. The summed E-state index contributed by atoms with van der Waals surface area (Å²) in [7, 11) is 0. The minimum atomic E-state index is -0.489. The summed E-state index contributed by atoms with van der Waals surface area (Å²) >= 11 is 5.74. The fourth-order valence-electron chi connectivity index (χ4n) is 2.25. The predicted molar refractivity (Wildman–Crippen MR) is 68.0 cm³/mol. The van der Waals surface area contributed by atoms with Crippen molar-refractivity contribution in [2.24, 2.45) is 0 Å². The minimum Gasteiger partial charge on any atom is -0.394 e. The van der Waals surface area contributed by atoms with E-state index in [1.807, 2.05) is 0 Å². The zero-order chi connectivity index (χ0) is 13.1. The lowest BCUT2D eigenvalue weighted by atomic mass is 10.0. The number of hydrogen-bond donors (Lipinski definition) is 1. The number of anilines is 1. The number of halogens is 1. The van der Waals surface area contributed by atoms with Gasteiger partial charge in [0, 0.05) is 18.8 Å². The number of aliphatic hydroxyl groups excluding tert-OH is 1. The molecule has 7 heteroatoms. The van der Waals surface area contributed by atoms with Crippen LogP contribution in [0.15, 0.2) is 12.3 Å². The summed E-state index contributed by atoms with van der Waals surface area (Å²) in [5.74, 6) is 0.295. The van der Waals surface area contributed by atoms with Crippen LogP contribution in [0.25, 0.3) is 0 Å². The van der Waals surface area contributed by atoms with Crippen molar-refractivity contribution in [1.82, 2.24) is 4.98 Å². The molecule has 18 heavy (non-hydrogen) atoms. The minimum absolute atomic E-state index is 0.0263. The van der Waals surface area contributed by atoms with Crippen LogP contribution in [-0.2, 0) is 0 Å². The quantitative estimate of drug-likeness (QED) is 0.672. The van der Waals surface area contributed by atoms with Crippen LogP contribution in [0.2, 0.25) is 5.02 Å². The summed E-state index contributed by atoms with van der Waals surface area (Å²) in [6.45, 7) is 0.641. The number of hydrogen-bond acceptors (Lipinski definition) is 5. The summed E-state index contributed by atoms with van der Waals surface area (Å²) in [4.78, 5) is 16.4. The molecule has 0 aliphatic carbocycles. The molecular weight excluding hydrogens is 258 g/mol. The molecule has 2 heterocycles. The van der Waals surface area contributed by atoms with Gasteiger partial charge in [0.1, 0.15) is 0 Å². The van der Waals surface area contributed by atoms with E-state index in [1.54, 1.807) is 4.90 Å². The first-order valence-corrected chi connectivity index (χ1v) is 6.18. The first-order chi connectivity index (χ1) is 8.63. The van der Waals surface area contributed by atoms with Crippen LogP contribution in [0.4, 0.5) is 11.5 Å². The lowest BCUT2D eigenvalue weighted by molar-refractivity contribution is -0.384. The topological polar surface area (TPSA) is 79.5 Å². The fourth-order valence-corrected chi connectivity index (χ4v) is 2.40. The number of piperidine rings is 1. The largest absolute Gasteiger partial charge is 0.394 e. The highest BCUT2D eigenvalue weighted by molar-refractivity contribution is 6.30. The van der Waals surface area contributed by atoms with Gasteiger partial charge >= 0.3 is 5.69 Å². The molecule has 0 spiro atoms. The zero-order valence-electron chi connectivity index (χ0n) is 9.75. The van der Waals surface area contributed by atoms with Crippen LogP contribution in [-0.4, -0.2) is 34.2 Å². The number of pyridine rings is 1. The molecule has 98 valence electrons. The van der Waals surface area contributed by atoms with Gasteiger partial charge in [-0.05, 0) is 19.3 Å². The third-order valence-electron chi connectivity index (χ3n) is 3.12. The van der Waals surface area contributed by atoms with E-state index >= 15 is 0 Å². The Kier molecular flexibility index (Phi) is 3.98. The van der Waals surface area contributed by atoms with E-state index in [1.165, 1.54) is 12.3 Å². The average molecular weight is 272 g/mol. The summed E-state index contributed by atoms with van der Waals surface area (Å²) in [6.07, 6.45) is 4.17. The van der Waals surface area contributed by atoms with Crippen molar-refractivity contribution >= 4 is 23.1 Å². The molecular formula is C11H14ClN3O3. The number of nitrogens with zero attached hydrogens (tertiary/aromatic N) is 3. The molecule has 1 fully saturated rings. The first-order valence-electron chi connectivity index (χ1n) is 5.81. The number of rotatable bonds is 3. The molecule has 1 aliphatic rings. The average Bonchev–Trinajstić information content (AvgIpc) is 2.38. The van der Waals surface area contributed by atoms with E-state index in [0.29, 0.717) is 12.4 Å². The Hall–Kier alpha value is -1.40. The van der Waals surface area contributed by atoms with Gasteiger partial charge in [-0.15, -0.1) is 0 Å². The highest BCUT2D eigenvalue weighted by Crippen LogP contribution is 2.32. The molecule has 1 aromatic rings. The molecule has 1 atom stereocenters. The Balaban J connectivity index is 2.39. The number of aromatic nitrogens is 1. The molecule has 1 unspecified atom stereocenters. The smallest absolute Gasteiger partial charge is 0.313 e. The van der Waals surface area contributed by atoms with Gasteiger partial charge in [0.05, 0.1) is 22.6 Å². The molecule has 1 aliphatic heterocycles. The van der Waals surface area contributed by atoms with E-state index < -0.39 is 4.92 Å². The van der Waals surface area contributed by atoms with Crippen LogP contribution >= 0.6 is 11.6 Å². The lowest BCUT2D eigenvalue weighted by Crippen LogP contribution is -2.42. The van der Waals surface area contributed by atoms with E-state index in [9.17, 15) is 15.2 Å². The molecule has 0 radical (unpaired) electrons. The SMILES string of the molecule is O=[N+]([O-])c1cc(Cl)cnc1N1CCCCC1CO. The first kappa shape index (κ1) is 13.0. The third kappa shape index (κ3) is 2.54. The molecule has 1 saturated heterocycles. The molecule has 1 aromatic heterocycles. The standard InChI is InChI=1S/C11H14ClN3O3/c12-8-5-10(15(17)18)11(13-6-8)14-4-2-1-3-9(14)7-16/h5-6,9,16H,1-4,7H2. The van der Waals surface area contributed by atoms with Gasteiger partial charge in [0.15, 0.2) is 0 Å². The van der Waals surface area contributed by atoms with E-state index in [0.717, 1.165) is 19.3 Å². The normalized spacial score (nSPS) is 19.9. The second-order valence-corrected chi connectivity index (χ2v) is 4.72. The van der Waals surface area contributed by atoms with Crippen molar-refractivity contribution in [3.05, 3.63) is 27.4 Å². The summed E-state index contributed by atoms with van der Waals surface area (Å²) in [5, 5.41) is 20.6. The second-order valence-electron chi connectivity index (χ2n) is 4.28. The second kappa shape index (κ2) is 5.49. The predicted octanol–water partition coefficient (Wildman–Crippen LogP) is 1.99. The van der Waals surface area contributed by atoms with Gasteiger partial charge in [-0.1, -0.05) is 11.6 Å². The molecule has 1 N–H and O–H groups in total. The van der Waals surface area contributed by atoms with Crippen molar-refractivity contribution in [2.45, 2.75) is 25.3 Å². The summed E-state index contributed by atoms with van der Waals surface area (Å²) in [5.41, 5.74) is -0.108. The highest BCUT2D eigenvalue weighted by atomic mass is 35.5. The highest BCUT2D eigenvalue weighted by Gasteiger charge is 2.29. The zero-order valence-corrected chi connectivity index (χ0v) is 10.5. The van der Waals surface area contributed by atoms with E-state index in [4.69, 9.17) is 11.6 Å². The number of nitro groups is 1. The Morgan fingerprint density at radius 1 is 1.61 bits per heavy atom. The summed E-state index contributed by atoms with van der Waals surface area (Å²) < 4.78 is 0. The molecule has 0 aromatic carbocycles. The van der Waals surface area contributed by atoms with Gasteiger partial charge in [-0.3, -0.25) is 10.1 Å². The number of aliphatic hydroxyl groups is 1. The van der Waals surface area contributed by atoms with Gasteiger partial charge in [-0.25, -0.2) is 4.98 Å². The summed E-state index contributed by atoms with van der Waals surface area (Å²) in [6, 6.07) is 1.19. The Labute approximate surface area is 109 Å². The van der Waals surface area contributed by atoms with Crippen molar-refractivity contribution in [2.75, 3.05) is 18.1 Å². The van der Waals surface area contributed by atoms with Gasteiger partial charge in [0.25, 0.3) is 0 Å².